The normalized spacial score (nSPS) is 10.8. The third-order valence-electron chi connectivity index (χ3n) is 4.38. The zero-order valence-electron chi connectivity index (χ0n) is 15.0. The first-order chi connectivity index (χ1) is 14.0. The Morgan fingerprint density at radius 2 is 1.69 bits per heavy atom. The molecule has 4 rings (SSSR count). The van der Waals surface area contributed by atoms with Gasteiger partial charge in [0.2, 0.25) is 0 Å². The van der Waals surface area contributed by atoms with Crippen molar-refractivity contribution in [1.29, 1.82) is 0 Å². The standard InChI is InChI=1S/C22H14ClNO5/c23-16-5-3-15(4-6-16)22-12-20(25)19-11-18(9-10-21(19)29-22)28-13-14-1-7-17(8-2-14)24(26)27/h1-12H,13H2. The van der Waals surface area contributed by atoms with Crippen LogP contribution >= 0.6 is 11.6 Å². The first kappa shape index (κ1) is 18.7. The van der Waals surface area contributed by atoms with Crippen LogP contribution in [-0.2, 0) is 6.61 Å². The molecule has 29 heavy (non-hydrogen) atoms. The van der Waals surface area contributed by atoms with Crippen LogP contribution in [0.1, 0.15) is 5.56 Å². The quantitative estimate of drug-likeness (QED) is 0.317. The molecule has 0 saturated heterocycles. The Kier molecular flexibility index (Phi) is 5.01. The van der Waals surface area contributed by atoms with Gasteiger partial charge < -0.3 is 9.15 Å². The first-order valence-corrected chi connectivity index (χ1v) is 9.07. The van der Waals surface area contributed by atoms with Crippen LogP contribution in [0.3, 0.4) is 0 Å². The van der Waals surface area contributed by atoms with E-state index in [0.29, 0.717) is 27.5 Å². The van der Waals surface area contributed by atoms with E-state index in [1.54, 1.807) is 54.6 Å². The highest BCUT2D eigenvalue weighted by atomic mass is 35.5. The van der Waals surface area contributed by atoms with Crippen molar-refractivity contribution in [2.24, 2.45) is 0 Å². The number of halogens is 1. The lowest BCUT2D eigenvalue weighted by molar-refractivity contribution is -0.384. The van der Waals surface area contributed by atoms with E-state index in [4.69, 9.17) is 20.8 Å². The second kappa shape index (κ2) is 7.77. The Bertz CT molecular complexity index is 1250. The Morgan fingerprint density at radius 1 is 0.966 bits per heavy atom. The first-order valence-electron chi connectivity index (χ1n) is 8.69. The number of nitrogens with zero attached hydrogens (tertiary/aromatic N) is 1. The SMILES string of the molecule is O=c1cc(-c2ccc(Cl)cc2)oc2ccc(OCc3ccc([N+](=O)[O-])cc3)cc12. The van der Waals surface area contributed by atoms with Crippen LogP contribution in [0.15, 0.2) is 82.0 Å². The second-order valence-corrected chi connectivity index (χ2v) is 6.79. The van der Waals surface area contributed by atoms with Gasteiger partial charge in [-0.1, -0.05) is 11.6 Å². The fraction of sp³-hybridized carbons (Fsp3) is 0.0455. The van der Waals surface area contributed by atoms with E-state index in [1.165, 1.54) is 18.2 Å². The Morgan fingerprint density at radius 3 is 2.38 bits per heavy atom. The molecule has 0 fully saturated rings. The molecule has 144 valence electrons. The van der Waals surface area contributed by atoms with E-state index in [9.17, 15) is 14.9 Å². The maximum absolute atomic E-state index is 12.6. The maximum atomic E-state index is 12.6. The molecule has 6 nitrogen and oxygen atoms in total. The minimum atomic E-state index is -0.453. The number of fused-ring (bicyclic) bond motifs is 1. The lowest BCUT2D eigenvalue weighted by Gasteiger charge is -2.08. The number of hydrogen-bond acceptors (Lipinski definition) is 5. The van der Waals surface area contributed by atoms with Gasteiger partial charge in [0.05, 0.1) is 10.3 Å². The number of ether oxygens (including phenoxy) is 1. The Hall–Kier alpha value is -3.64. The molecule has 0 saturated carbocycles. The molecule has 0 radical (unpaired) electrons. The van der Waals surface area contributed by atoms with Gasteiger partial charge in [0.1, 0.15) is 23.7 Å². The van der Waals surface area contributed by atoms with Gasteiger partial charge in [0, 0.05) is 28.8 Å². The summed E-state index contributed by atoms with van der Waals surface area (Å²) in [6.07, 6.45) is 0. The van der Waals surface area contributed by atoms with Crippen LogP contribution in [0, 0.1) is 10.1 Å². The second-order valence-electron chi connectivity index (χ2n) is 6.35. The molecule has 0 bridgehead atoms. The van der Waals surface area contributed by atoms with E-state index in [-0.39, 0.29) is 17.7 Å². The average molecular weight is 408 g/mol. The van der Waals surface area contributed by atoms with Crippen molar-refractivity contribution in [1.82, 2.24) is 0 Å². The molecule has 1 aromatic heterocycles. The van der Waals surface area contributed by atoms with Crippen molar-refractivity contribution in [3.8, 4) is 17.1 Å². The monoisotopic (exact) mass is 407 g/mol. The minimum absolute atomic E-state index is 0.0218. The van der Waals surface area contributed by atoms with Crippen molar-refractivity contribution >= 4 is 28.3 Å². The van der Waals surface area contributed by atoms with Crippen LogP contribution in [-0.4, -0.2) is 4.92 Å². The molecule has 0 unspecified atom stereocenters. The van der Waals surface area contributed by atoms with Crippen molar-refractivity contribution < 1.29 is 14.1 Å². The predicted molar refractivity (Wildman–Crippen MR) is 110 cm³/mol. The third kappa shape index (κ3) is 4.12. The zero-order chi connectivity index (χ0) is 20.4. The van der Waals surface area contributed by atoms with Gasteiger partial charge in [0.15, 0.2) is 5.43 Å². The summed E-state index contributed by atoms with van der Waals surface area (Å²) >= 11 is 5.90. The van der Waals surface area contributed by atoms with Crippen LogP contribution in [0.2, 0.25) is 5.02 Å². The highest BCUT2D eigenvalue weighted by Crippen LogP contribution is 2.26. The predicted octanol–water partition coefficient (Wildman–Crippen LogP) is 5.60. The zero-order valence-corrected chi connectivity index (χ0v) is 15.8. The van der Waals surface area contributed by atoms with Crippen molar-refractivity contribution in [3.63, 3.8) is 0 Å². The van der Waals surface area contributed by atoms with Crippen molar-refractivity contribution in [3.05, 3.63) is 104 Å². The molecule has 0 atom stereocenters. The summed E-state index contributed by atoms with van der Waals surface area (Å²) in [6.45, 7) is 0.220. The van der Waals surface area contributed by atoms with E-state index in [0.717, 1.165) is 11.1 Å². The summed E-state index contributed by atoms with van der Waals surface area (Å²) in [7, 11) is 0. The molecule has 0 aliphatic carbocycles. The third-order valence-corrected chi connectivity index (χ3v) is 4.63. The summed E-state index contributed by atoms with van der Waals surface area (Å²) in [5.74, 6) is 0.959. The smallest absolute Gasteiger partial charge is 0.269 e. The van der Waals surface area contributed by atoms with Crippen LogP contribution < -0.4 is 10.2 Å². The molecule has 3 aromatic carbocycles. The number of hydrogen-bond donors (Lipinski definition) is 0. The van der Waals surface area contributed by atoms with Crippen molar-refractivity contribution in [2.75, 3.05) is 0 Å². The van der Waals surface area contributed by atoms with Gasteiger partial charge in [-0.3, -0.25) is 14.9 Å². The summed E-state index contributed by atoms with van der Waals surface area (Å²) in [4.78, 5) is 22.8. The number of nitro groups is 1. The highest BCUT2D eigenvalue weighted by Gasteiger charge is 2.09. The lowest BCUT2D eigenvalue weighted by atomic mass is 10.1. The maximum Gasteiger partial charge on any atom is 0.269 e. The number of non-ortho nitro benzene ring substituents is 1. The topological polar surface area (TPSA) is 82.6 Å². The summed E-state index contributed by atoms with van der Waals surface area (Å²) in [6, 6.07) is 19.6. The highest BCUT2D eigenvalue weighted by molar-refractivity contribution is 6.30. The lowest BCUT2D eigenvalue weighted by Crippen LogP contribution is -2.02. The largest absolute Gasteiger partial charge is 0.489 e. The van der Waals surface area contributed by atoms with E-state index >= 15 is 0 Å². The van der Waals surface area contributed by atoms with Crippen molar-refractivity contribution in [2.45, 2.75) is 6.61 Å². The fourth-order valence-corrected chi connectivity index (χ4v) is 2.99. The molecular formula is C22H14ClNO5. The van der Waals surface area contributed by atoms with E-state index < -0.39 is 4.92 Å². The molecule has 0 aliphatic heterocycles. The summed E-state index contributed by atoms with van der Waals surface area (Å²) < 4.78 is 11.6. The number of nitro benzene ring substituents is 1. The molecule has 0 N–H and O–H groups in total. The molecular weight excluding hydrogens is 394 g/mol. The van der Waals surface area contributed by atoms with Gasteiger partial charge in [-0.15, -0.1) is 0 Å². The molecule has 7 heteroatoms. The summed E-state index contributed by atoms with van der Waals surface area (Å²) in [5, 5.41) is 11.7. The van der Waals surface area contributed by atoms with Gasteiger partial charge >= 0.3 is 0 Å². The molecule has 4 aromatic rings. The van der Waals surface area contributed by atoms with Crippen LogP contribution in [0.25, 0.3) is 22.3 Å². The van der Waals surface area contributed by atoms with Gasteiger partial charge in [-0.2, -0.15) is 0 Å². The van der Waals surface area contributed by atoms with E-state index in [1.807, 2.05) is 0 Å². The Balaban J connectivity index is 1.57. The molecule has 0 spiro atoms. The number of benzene rings is 3. The Labute approximate surface area is 170 Å². The number of rotatable bonds is 5. The van der Waals surface area contributed by atoms with E-state index in [2.05, 4.69) is 0 Å². The van der Waals surface area contributed by atoms with Crippen LogP contribution in [0.4, 0.5) is 5.69 Å². The summed E-state index contributed by atoms with van der Waals surface area (Å²) in [5.41, 5.74) is 1.82. The van der Waals surface area contributed by atoms with Crippen LogP contribution in [0.5, 0.6) is 5.75 Å². The average Bonchev–Trinajstić information content (AvgIpc) is 2.73. The van der Waals surface area contributed by atoms with Gasteiger partial charge in [-0.05, 0) is 60.2 Å². The molecule has 1 heterocycles. The fourth-order valence-electron chi connectivity index (χ4n) is 2.86. The van der Waals surface area contributed by atoms with Gasteiger partial charge in [-0.25, -0.2) is 0 Å². The minimum Gasteiger partial charge on any atom is -0.489 e. The molecule has 0 amide bonds. The molecule has 0 aliphatic rings. The van der Waals surface area contributed by atoms with Gasteiger partial charge in [0.25, 0.3) is 5.69 Å².